The molecule has 0 bridgehead atoms. The molecule has 0 aromatic rings. The summed E-state index contributed by atoms with van der Waals surface area (Å²) >= 11 is 4.52. The van der Waals surface area contributed by atoms with Crippen molar-refractivity contribution in [2.45, 2.75) is 64.6 Å². The lowest BCUT2D eigenvalue weighted by Crippen LogP contribution is -2.43. The lowest BCUT2D eigenvalue weighted by atomic mass is 10.1. The van der Waals surface area contributed by atoms with Gasteiger partial charge in [-0.3, -0.25) is 14.4 Å². The summed E-state index contributed by atoms with van der Waals surface area (Å²) in [4.78, 5) is 37.2. The number of hydrogen-bond donors (Lipinski definition) is 0. The minimum Gasteiger partial charge on any atom is -0.471 e. The number of likely N-dealkylation sites (tertiary alicyclic amines) is 2. The van der Waals surface area contributed by atoms with Gasteiger partial charge >= 0.3 is 0 Å². The quantitative estimate of drug-likeness (QED) is 0.113. The Hall–Kier alpha value is 0.610. The summed E-state index contributed by atoms with van der Waals surface area (Å²) in [6.45, 7) is 9.56. The van der Waals surface area contributed by atoms with Crippen LogP contribution in [0.5, 0.6) is 0 Å². The van der Waals surface area contributed by atoms with Crippen molar-refractivity contribution < 1.29 is 23.3 Å². The first-order valence-electron chi connectivity index (χ1n) is 10.1. The van der Waals surface area contributed by atoms with Gasteiger partial charge in [0.05, 0.1) is 29.5 Å². The summed E-state index contributed by atoms with van der Waals surface area (Å²) < 4.78 is 9.13. The van der Waals surface area contributed by atoms with Crippen LogP contribution < -0.4 is 0 Å². The molecule has 2 amide bonds. The number of carbonyl (C=O) groups excluding carboxylic acids is 3. The SMILES string of the molecule is CC(C)C.COC=O.O=C(CN1C(=O)CCC1CCCOSI)N1CC[C@@H](PI)C1. The van der Waals surface area contributed by atoms with E-state index in [1.807, 2.05) is 4.90 Å². The zero-order chi connectivity index (χ0) is 22.9. The van der Waals surface area contributed by atoms with Crippen LogP contribution in [0.25, 0.3) is 0 Å². The highest BCUT2D eigenvalue weighted by Crippen LogP contribution is 2.34. The van der Waals surface area contributed by atoms with E-state index in [0.29, 0.717) is 25.2 Å². The maximum Gasteiger partial charge on any atom is 0.292 e. The van der Waals surface area contributed by atoms with Crippen LogP contribution in [0.4, 0.5) is 0 Å². The lowest BCUT2D eigenvalue weighted by Gasteiger charge is -2.26. The molecule has 2 rings (SSSR count). The molecule has 2 unspecified atom stereocenters. The molecule has 7 nitrogen and oxygen atoms in total. The number of halogens is 2. The van der Waals surface area contributed by atoms with E-state index in [1.165, 1.54) is 16.3 Å². The third kappa shape index (κ3) is 13.9. The monoisotopic (exact) mass is 688 g/mol. The number of hydrogen-bond acceptors (Lipinski definition) is 6. The van der Waals surface area contributed by atoms with Gasteiger partial charge in [-0.25, -0.2) is 0 Å². The molecule has 0 radical (unpaired) electrons. The molecule has 0 spiro atoms. The smallest absolute Gasteiger partial charge is 0.292 e. The molecule has 3 atom stereocenters. The fourth-order valence-electron chi connectivity index (χ4n) is 3.04. The van der Waals surface area contributed by atoms with Gasteiger partial charge in [-0.1, -0.05) is 49.0 Å². The molecule has 2 fully saturated rings. The van der Waals surface area contributed by atoms with Gasteiger partial charge < -0.3 is 18.7 Å². The van der Waals surface area contributed by atoms with E-state index in [9.17, 15) is 9.59 Å². The van der Waals surface area contributed by atoms with E-state index >= 15 is 0 Å². The summed E-state index contributed by atoms with van der Waals surface area (Å²) in [6.07, 6.45) is 5.29. The van der Waals surface area contributed by atoms with Crippen LogP contribution in [0.15, 0.2) is 0 Å². The molecule has 0 aromatic heterocycles. The topological polar surface area (TPSA) is 76.2 Å². The Morgan fingerprint density at radius 3 is 2.50 bits per heavy atom. The zero-order valence-corrected chi connectivity index (χ0v) is 24.4. The van der Waals surface area contributed by atoms with Gasteiger partial charge in [0.2, 0.25) is 11.8 Å². The third-order valence-corrected chi connectivity index (χ3v) is 8.80. The molecule has 30 heavy (non-hydrogen) atoms. The average Bonchev–Trinajstić information content (AvgIpc) is 3.33. The van der Waals surface area contributed by atoms with E-state index in [0.717, 1.165) is 50.9 Å². The maximum atomic E-state index is 12.4. The van der Waals surface area contributed by atoms with Crippen molar-refractivity contribution >= 4 is 77.0 Å². The zero-order valence-electron chi connectivity index (χ0n) is 18.3. The van der Waals surface area contributed by atoms with Crippen molar-refractivity contribution in [1.82, 2.24) is 9.80 Å². The van der Waals surface area contributed by atoms with E-state index < -0.39 is 0 Å². The standard InChI is InChI=1S/C13H21I2N2O3PS.C4H10.C2H4O2/c14-21-11-5-6-16(8-11)13(19)9-17-10(3-4-12(17)18)2-1-7-20-22-15;1-4(2)3;1-4-2-3/h10-11,21H,1-9H2;4H,1-3H3;2H,1H3/t10?,11-;;/m1../s1. The van der Waals surface area contributed by atoms with Gasteiger partial charge in [0.25, 0.3) is 6.47 Å². The largest absolute Gasteiger partial charge is 0.471 e. The first-order valence-corrected chi connectivity index (χ1v) is 17.6. The third-order valence-electron chi connectivity index (χ3n) is 4.36. The van der Waals surface area contributed by atoms with Gasteiger partial charge in [0.1, 0.15) is 0 Å². The van der Waals surface area contributed by atoms with Crippen LogP contribution in [-0.4, -0.2) is 73.1 Å². The van der Waals surface area contributed by atoms with Crippen molar-refractivity contribution in [3.8, 4) is 0 Å². The second-order valence-corrected chi connectivity index (χ2v) is 12.1. The van der Waals surface area contributed by atoms with Crippen LogP contribution in [-0.2, 0) is 23.3 Å². The fraction of sp³-hybridized carbons (Fsp3) is 0.842. The Bertz CT molecular complexity index is 503. The van der Waals surface area contributed by atoms with Gasteiger partial charge in [0.15, 0.2) is 0 Å². The molecule has 0 saturated carbocycles. The highest BCUT2D eigenvalue weighted by atomic mass is 127. The summed E-state index contributed by atoms with van der Waals surface area (Å²) in [7, 11) is 2.66. The average molecular weight is 688 g/mol. The molecular formula is C19H35I2N2O5PS. The molecule has 0 aliphatic carbocycles. The fourth-order valence-corrected chi connectivity index (χ4v) is 5.81. The van der Waals surface area contributed by atoms with E-state index in [-0.39, 0.29) is 24.4 Å². The lowest BCUT2D eigenvalue weighted by molar-refractivity contribution is -0.139. The Morgan fingerprint density at radius 2 is 2.00 bits per heavy atom. The molecule has 11 heteroatoms. The Morgan fingerprint density at radius 1 is 1.37 bits per heavy atom. The van der Waals surface area contributed by atoms with Gasteiger partial charge in [-0.15, -0.1) is 0 Å². The van der Waals surface area contributed by atoms with Crippen molar-refractivity contribution in [2.75, 3.05) is 33.4 Å². The Kier molecular flexibility index (Phi) is 19.5. The predicted molar refractivity (Wildman–Crippen MR) is 142 cm³/mol. The normalized spacial score (nSPS) is 20.8. The number of carbonyl (C=O) groups is 3. The second kappa shape index (κ2) is 19.1. The van der Waals surface area contributed by atoms with Crippen molar-refractivity contribution in [3.05, 3.63) is 0 Å². The number of rotatable bonds is 9. The highest BCUT2D eigenvalue weighted by Gasteiger charge is 2.34. The first-order chi connectivity index (χ1) is 14.3. The first kappa shape index (κ1) is 30.6. The Labute approximate surface area is 212 Å². The van der Waals surface area contributed by atoms with Gasteiger partial charge in [0, 0.05) is 52.4 Å². The summed E-state index contributed by atoms with van der Waals surface area (Å²) in [5, 5.41) is 0. The van der Waals surface area contributed by atoms with E-state index in [1.54, 1.807) is 4.90 Å². The van der Waals surface area contributed by atoms with Crippen LogP contribution in [0.3, 0.4) is 0 Å². The van der Waals surface area contributed by atoms with Crippen LogP contribution in [0, 0.1) is 5.92 Å². The van der Waals surface area contributed by atoms with E-state index in [2.05, 4.69) is 68.8 Å². The molecule has 2 heterocycles. The summed E-state index contributed by atoms with van der Waals surface area (Å²) in [5.74, 6) is 1.09. The number of nitrogens with zero attached hydrogens (tertiary/aromatic N) is 2. The predicted octanol–water partition coefficient (Wildman–Crippen LogP) is 4.85. The number of amides is 2. The van der Waals surface area contributed by atoms with Crippen LogP contribution in [0.2, 0.25) is 0 Å². The minimum absolute atomic E-state index is 0.122. The van der Waals surface area contributed by atoms with Crippen molar-refractivity contribution in [3.63, 3.8) is 0 Å². The molecular weight excluding hydrogens is 653 g/mol. The number of ether oxygens (including phenoxy) is 1. The molecule has 2 saturated heterocycles. The summed E-state index contributed by atoms with van der Waals surface area (Å²) in [6, 6.07) is 0.212. The Balaban J connectivity index is 0.000000901. The minimum atomic E-state index is 0.122. The molecule has 0 N–H and O–H groups in total. The van der Waals surface area contributed by atoms with Gasteiger partial charge in [-0.05, 0) is 31.6 Å². The molecule has 0 aromatic carbocycles. The highest BCUT2D eigenvalue weighted by molar-refractivity contribution is 14.2. The van der Waals surface area contributed by atoms with Crippen LogP contribution >= 0.6 is 58.7 Å². The summed E-state index contributed by atoms with van der Waals surface area (Å²) in [5.41, 5.74) is 0.651. The maximum absolute atomic E-state index is 12.4. The van der Waals surface area contributed by atoms with E-state index in [4.69, 9.17) is 8.98 Å². The molecule has 2 aliphatic rings. The molecule has 2 aliphatic heterocycles. The van der Waals surface area contributed by atoms with Gasteiger partial charge in [-0.2, -0.15) is 0 Å². The second-order valence-electron chi connectivity index (χ2n) is 7.74. The van der Waals surface area contributed by atoms with Crippen molar-refractivity contribution in [1.29, 1.82) is 0 Å². The van der Waals surface area contributed by atoms with Crippen molar-refractivity contribution in [2.24, 2.45) is 5.92 Å². The number of methoxy groups -OCH3 is 1. The van der Waals surface area contributed by atoms with Crippen LogP contribution in [0.1, 0.15) is 52.9 Å². The molecule has 176 valence electrons.